The molecular formula is C20H26ClN7O2. The van der Waals surface area contributed by atoms with Gasteiger partial charge in [-0.25, -0.2) is 9.97 Å². The van der Waals surface area contributed by atoms with Crippen LogP contribution in [0.4, 0.5) is 23.0 Å². The van der Waals surface area contributed by atoms with Crippen molar-refractivity contribution in [1.82, 2.24) is 14.9 Å². The second-order valence-electron chi connectivity index (χ2n) is 7.50. The van der Waals surface area contributed by atoms with Crippen LogP contribution in [0, 0.1) is 10.1 Å². The maximum Gasteiger partial charge on any atom is 0.353 e. The summed E-state index contributed by atoms with van der Waals surface area (Å²) in [5, 5.41) is 12.7. The van der Waals surface area contributed by atoms with E-state index >= 15 is 0 Å². The average molecular weight is 432 g/mol. The normalized spacial score (nSPS) is 18.0. The van der Waals surface area contributed by atoms with Crippen LogP contribution >= 0.6 is 11.6 Å². The molecule has 3 heterocycles. The molecule has 0 aliphatic carbocycles. The molecule has 0 amide bonds. The molecule has 0 spiro atoms. The molecule has 0 atom stereocenters. The van der Waals surface area contributed by atoms with E-state index in [2.05, 4.69) is 26.7 Å². The second-order valence-corrected chi connectivity index (χ2v) is 7.94. The highest BCUT2D eigenvalue weighted by Gasteiger charge is 2.32. The Kier molecular flexibility index (Phi) is 6.19. The molecule has 1 aromatic carbocycles. The first-order valence-corrected chi connectivity index (χ1v) is 10.7. The molecule has 0 N–H and O–H groups in total. The minimum atomic E-state index is -0.333. The van der Waals surface area contributed by atoms with Crippen molar-refractivity contribution < 1.29 is 4.92 Å². The van der Waals surface area contributed by atoms with Crippen molar-refractivity contribution in [2.75, 3.05) is 73.6 Å². The number of likely N-dealkylation sites (N-methyl/N-ethyl adjacent to an activating group) is 1. The van der Waals surface area contributed by atoms with Crippen LogP contribution in [0.1, 0.15) is 6.92 Å². The van der Waals surface area contributed by atoms with Crippen molar-refractivity contribution in [3.05, 3.63) is 45.7 Å². The fourth-order valence-electron chi connectivity index (χ4n) is 4.11. The lowest BCUT2D eigenvalue weighted by atomic mass is 10.2. The lowest BCUT2D eigenvalue weighted by Gasteiger charge is -2.37. The molecule has 4 rings (SSSR count). The third-order valence-electron chi connectivity index (χ3n) is 5.84. The van der Waals surface area contributed by atoms with Gasteiger partial charge in [0.25, 0.3) is 0 Å². The van der Waals surface area contributed by atoms with Crippen LogP contribution in [-0.4, -0.2) is 78.7 Å². The van der Waals surface area contributed by atoms with Crippen LogP contribution in [0.5, 0.6) is 0 Å². The van der Waals surface area contributed by atoms with Crippen molar-refractivity contribution >= 4 is 34.6 Å². The summed E-state index contributed by atoms with van der Waals surface area (Å²) < 4.78 is 0. The van der Waals surface area contributed by atoms with Crippen LogP contribution in [0.3, 0.4) is 0 Å². The fraction of sp³-hybridized carbons (Fsp3) is 0.500. The lowest BCUT2D eigenvalue weighted by molar-refractivity contribution is -0.383. The van der Waals surface area contributed by atoms with Crippen molar-refractivity contribution in [3.8, 4) is 0 Å². The van der Waals surface area contributed by atoms with Crippen molar-refractivity contribution in [1.29, 1.82) is 0 Å². The van der Waals surface area contributed by atoms with Crippen molar-refractivity contribution in [2.45, 2.75) is 6.92 Å². The molecule has 160 valence electrons. The number of anilines is 3. The highest BCUT2D eigenvalue weighted by Crippen LogP contribution is 2.35. The number of hydrogen-bond acceptors (Lipinski definition) is 8. The van der Waals surface area contributed by atoms with Gasteiger partial charge < -0.3 is 19.6 Å². The first-order chi connectivity index (χ1) is 14.6. The van der Waals surface area contributed by atoms with Gasteiger partial charge in [-0.05, 0) is 24.7 Å². The maximum atomic E-state index is 12.0. The second kappa shape index (κ2) is 9.01. The van der Waals surface area contributed by atoms with E-state index in [1.807, 2.05) is 34.1 Å². The zero-order chi connectivity index (χ0) is 21.1. The Labute approximate surface area is 181 Å². The zero-order valence-electron chi connectivity index (χ0n) is 17.1. The highest BCUT2D eigenvalue weighted by molar-refractivity contribution is 6.30. The first-order valence-electron chi connectivity index (χ1n) is 10.3. The molecule has 0 bridgehead atoms. The van der Waals surface area contributed by atoms with E-state index in [1.54, 1.807) is 0 Å². The predicted molar refractivity (Wildman–Crippen MR) is 119 cm³/mol. The molecule has 0 unspecified atom stereocenters. The minimum Gasteiger partial charge on any atom is -0.368 e. The van der Waals surface area contributed by atoms with Crippen LogP contribution in [0.25, 0.3) is 0 Å². The standard InChI is InChI=1S/C20H26ClN7O2/c1-2-24-6-8-26(9-7-24)19-18(28(29)30)20(23-15-22-19)27-12-10-25(11-13-27)17-5-3-4-16(21)14-17/h3-5,14-15H,2,6-13H2,1H3. The summed E-state index contributed by atoms with van der Waals surface area (Å²) in [5.74, 6) is 0.840. The number of nitro groups is 1. The molecule has 2 saturated heterocycles. The Hall–Kier alpha value is -2.65. The Balaban J connectivity index is 1.53. The van der Waals surface area contributed by atoms with Gasteiger partial charge in [-0.15, -0.1) is 0 Å². The van der Waals surface area contributed by atoms with Gasteiger partial charge >= 0.3 is 5.69 Å². The number of hydrogen-bond donors (Lipinski definition) is 0. The van der Waals surface area contributed by atoms with Gasteiger partial charge in [0, 0.05) is 63.1 Å². The van der Waals surface area contributed by atoms with E-state index < -0.39 is 0 Å². The van der Waals surface area contributed by atoms with Crippen LogP contribution in [0.2, 0.25) is 5.02 Å². The van der Waals surface area contributed by atoms with E-state index in [9.17, 15) is 10.1 Å². The van der Waals surface area contributed by atoms with E-state index in [0.717, 1.165) is 51.5 Å². The Morgan fingerprint density at radius 3 is 2.07 bits per heavy atom. The molecule has 1 aromatic heterocycles. The Bertz CT molecular complexity index is 896. The Morgan fingerprint density at radius 1 is 0.967 bits per heavy atom. The van der Waals surface area contributed by atoms with Gasteiger partial charge in [0.2, 0.25) is 11.6 Å². The zero-order valence-corrected chi connectivity index (χ0v) is 17.8. The van der Waals surface area contributed by atoms with Crippen molar-refractivity contribution in [2.24, 2.45) is 0 Å². The molecule has 10 heteroatoms. The molecule has 2 aliphatic rings. The lowest BCUT2D eigenvalue weighted by Crippen LogP contribution is -2.48. The van der Waals surface area contributed by atoms with Gasteiger partial charge in [0.05, 0.1) is 4.92 Å². The van der Waals surface area contributed by atoms with Crippen LogP contribution in [0.15, 0.2) is 30.6 Å². The Morgan fingerprint density at radius 2 is 1.53 bits per heavy atom. The van der Waals surface area contributed by atoms with E-state index in [1.165, 1.54) is 6.33 Å². The van der Waals surface area contributed by atoms with Gasteiger partial charge in [-0.2, -0.15) is 0 Å². The molecular weight excluding hydrogens is 406 g/mol. The SMILES string of the molecule is CCN1CCN(c2ncnc(N3CCN(c4cccc(Cl)c4)CC3)c2[N+](=O)[O-])CC1. The van der Waals surface area contributed by atoms with Crippen LogP contribution in [-0.2, 0) is 0 Å². The molecule has 0 radical (unpaired) electrons. The molecule has 0 saturated carbocycles. The van der Waals surface area contributed by atoms with Gasteiger partial charge in [0.15, 0.2) is 0 Å². The van der Waals surface area contributed by atoms with Gasteiger partial charge in [-0.3, -0.25) is 10.1 Å². The largest absolute Gasteiger partial charge is 0.368 e. The molecule has 2 fully saturated rings. The fourth-order valence-corrected chi connectivity index (χ4v) is 4.30. The number of benzene rings is 1. The third-order valence-corrected chi connectivity index (χ3v) is 6.07. The van der Waals surface area contributed by atoms with Gasteiger partial charge in [-0.1, -0.05) is 24.6 Å². The number of nitrogens with zero attached hydrogens (tertiary/aromatic N) is 7. The summed E-state index contributed by atoms with van der Waals surface area (Å²) in [6, 6.07) is 7.76. The average Bonchev–Trinajstić information content (AvgIpc) is 2.78. The quantitative estimate of drug-likeness (QED) is 0.527. The summed E-state index contributed by atoms with van der Waals surface area (Å²) in [6.45, 7) is 9.11. The van der Waals surface area contributed by atoms with E-state index in [4.69, 9.17) is 11.6 Å². The highest BCUT2D eigenvalue weighted by atomic mass is 35.5. The summed E-state index contributed by atoms with van der Waals surface area (Å²) in [7, 11) is 0. The third kappa shape index (κ3) is 4.27. The van der Waals surface area contributed by atoms with E-state index in [-0.39, 0.29) is 10.6 Å². The first kappa shape index (κ1) is 20.6. The van der Waals surface area contributed by atoms with Gasteiger partial charge in [0.1, 0.15) is 6.33 Å². The predicted octanol–water partition coefficient (Wildman–Crippen LogP) is 2.51. The summed E-state index contributed by atoms with van der Waals surface area (Å²) >= 11 is 6.12. The summed E-state index contributed by atoms with van der Waals surface area (Å²) in [6.07, 6.45) is 1.45. The monoisotopic (exact) mass is 431 g/mol. The topological polar surface area (TPSA) is 81.9 Å². The number of piperazine rings is 2. The maximum absolute atomic E-state index is 12.0. The van der Waals surface area contributed by atoms with E-state index in [0.29, 0.717) is 29.7 Å². The molecule has 9 nitrogen and oxygen atoms in total. The smallest absolute Gasteiger partial charge is 0.353 e. The number of halogens is 1. The summed E-state index contributed by atoms with van der Waals surface area (Å²) in [4.78, 5) is 28.9. The number of aromatic nitrogens is 2. The molecule has 2 aliphatic heterocycles. The summed E-state index contributed by atoms with van der Waals surface area (Å²) in [5.41, 5.74) is 1.08. The van der Waals surface area contributed by atoms with Crippen molar-refractivity contribution in [3.63, 3.8) is 0 Å². The van der Waals surface area contributed by atoms with Crippen LogP contribution < -0.4 is 14.7 Å². The molecule has 2 aromatic rings. The molecule has 30 heavy (non-hydrogen) atoms. The number of rotatable bonds is 5. The minimum absolute atomic E-state index is 0.0126.